The summed E-state index contributed by atoms with van der Waals surface area (Å²) in [4.78, 5) is 0. The van der Waals surface area contributed by atoms with Crippen LogP contribution >= 0.6 is 9.90 Å². The van der Waals surface area contributed by atoms with E-state index >= 15 is 0 Å². The van der Waals surface area contributed by atoms with Crippen LogP contribution in [-0.2, 0) is 28.4 Å². The summed E-state index contributed by atoms with van der Waals surface area (Å²) >= 11 is 0. The van der Waals surface area contributed by atoms with Crippen molar-refractivity contribution in [2.75, 3.05) is 72.7 Å². The van der Waals surface area contributed by atoms with Crippen molar-refractivity contribution in [3.8, 4) is 0 Å². The minimum Gasteiger partial charge on any atom is -1.51 e. The van der Waals surface area contributed by atoms with E-state index in [4.69, 9.17) is 28.4 Å². The number of epoxide rings is 1. The normalized spacial score (nSPS) is 16.3. The van der Waals surface area contributed by atoms with Crippen LogP contribution in [0.4, 0.5) is 0 Å². The van der Waals surface area contributed by atoms with Gasteiger partial charge in [-0.2, -0.15) is 0 Å². The van der Waals surface area contributed by atoms with Crippen molar-refractivity contribution < 1.29 is 38.6 Å². The first-order valence-corrected chi connectivity index (χ1v) is 10.3. The van der Waals surface area contributed by atoms with Crippen molar-refractivity contribution in [3.63, 3.8) is 0 Å². The zero-order valence-electron chi connectivity index (χ0n) is 18.6. The Morgan fingerprint density at radius 3 is 1.52 bits per heavy atom. The number of hydrogen-bond donors (Lipinski definition) is 2. The zero-order chi connectivity index (χ0) is 22.3. The highest BCUT2D eigenvalue weighted by molar-refractivity contribution is 6.92. The summed E-state index contributed by atoms with van der Waals surface area (Å²) in [5.74, 6) is 0. The van der Waals surface area contributed by atoms with Gasteiger partial charge in [-0.1, -0.05) is 18.2 Å². The van der Waals surface area contributed by atoms with Gasteiger partial charge in [-0.3, -0.25) is 0 Å². The lowest BCUT2D eigenvalue weighted by Gasteiger charge is -2.12. The van der Waals surface area contributed by atoms with E-state index in [0.29, 0.717) is 39.1 Å². The molecule has 2 N–H and O–H groups in total. The summed E-state index contributed by atoms with van der Waals surface area (Å²) in [6, 6.07) is 0. The summed E-state index contributed by atoms with van der Waals surface area (Å²) in [5.41, 5.74) is 0. The third-order valence-corrected chi connectivity index (χ3v) is 3.48. The van der Waals surface area contributed by atoms with E-state index in [9.17, 15) is 10.2 Å². The smallest absolute Gasteiger partial charge is 0.104 e. The molecule has 31 heavy (non-hydrogen) atoms. The monoisotopic (exact) mass is 464 g/mol. The van der Waals surface area contributed by atoms with E-state index in [1.807, 2.05) is 0 Å². The maximum absolute atomic E-state index is 9.51. The fourth-order valence-corrected chi connectivity index (χ4v) is 1.97. The number of aliphatic hydroxyl groups excluding tert-OH is 2. The van der Waals surface area contributed by atoms with Gasteiger partial charge in [-0.25, -0.2) is 0 Å². The molecule has 0 aromatic carbocycles. The van der Waals surface area contributed by atoms with Crippen molar-refractivity contribution in [2.45, 2.75) is 31.2 Å². The molecule has 1 rings (SSSR count). The lowest BCUT2D eigenvalue weighted by Crippen LogP contribution is -2.22. The molecule has 1 fully saturated rings. The Hall–Kier alpha value is -0.670. The predicted molar refractivity (Wildman–Crippen MR) is 124 cm³/mol. The molecule has 1 aliphatic heterocycles. The van der Waals surface area contributed by atoms with Crippen LogP contribution in [0.15, 0.2) is 38.0 Å². The molecule has 0 radical (unpaired) electrons. The Labute approximate surface area is 190 Å². The van der Waals surface area contributed by atoms with E-state index in [0.717, 1.165) is 26.1 Å². The SMILES string of the molecule is C=CCOCC(O)COCCCCOCC(O)COCC=C.C=CCOCC1CO1.[PH-2]. The minimum atomic E-state index is -0.609. The van der Waals surface area contributed by atoms with Gasteiger partial charge in [0.25, 0.3) is 0 Å². The molecule has 9 heteroatoms. The summed E-state index contributed by atoms with van der Waals surface area (Å²) in [6.45, 7) is 15.8. The molecular formula is C22H41O8P-2. The van der Waals surface area contributed by atoms with Gasteiger partial charge >= 0.3 is 0 Å². The highest BCUT2D eigenvalue weighted by Gasteiger charge is 2.21. The third-order valence-electron chi connectivity index (χ3n) is 3.48. The molecule has 8 nitrogen and oxygen atoms in total. The van der Waals surface area contributed by atoms with Crippen LogP contribution in [-0.4, -0.2) is 101 Å². The van der Waals surface area contributed by atoms with Crippen molar-refractivity contribution in [1.29, 1.82) is 0 Å². The van der Waals surface area contributed by atoms with E-state index in [-0.39, 0.29) is 36.3 Å². The van der Waals surface area contributed by atoms with Crippen LogP contribution in [0.5, 0.6) is 0 Å². The van der Waals surface area contributed by atoms with Crippen LogP contribution < -0.4 is 0 Å². The molecule has 3 unspecified atom stereocenters. The van der Waals surface area contributed by atoms with Crippen molar-refractivity contribution in [3.05, 3.63) is 38.0 Å². The first-order chi connectivity index (χ1) is 14.6. The summed E-state index contributed by atoms with van der Waals surface area (Å²) in [7, 11) is 0. The van der Waals surface area contributed by atoms with E-state index < -0.39 is 12.2 Å². The topological polar surface area (TPSA) is 99.1 Å². The molecule has 0 aliphatic carbocycles. The fourth-order valence-electron chi connectivity index (χ4n) is 1.97. The Kier molecular flexibility index (Phi) is 26.8. The number of rotatable bonds is 21. The van der Waals surface area contributed by atoms with E-state index in [1.54, 1.807) is 18.2 Å². The molecular weight excluding hydrogens is 423 g/mol. The Morgan fingerprint density at radius 1 is 0.742 bits per heavy atom. The van der Waals surface area contributed by atoms with E-state index in [1.165, 1.54) is 0 Å². The molecule has 0 bridgehead atoms. The second-order valence-electron chi connectivity index (χ2n) is 6.60. The highest BCUT2D eigenvalue weighted by atomic mass is 31.0. The van der Waals surface area contributed by atoms with Crippen molar-refractivity contribution in [2.24, 2.45) is 0 Å². The van der Waals surface area contributed by atoms with Gasteiger partial charge in [0, 0.05) is 13.2 Å². The van der Waals surface area contributed by atoms with Gasteiger partial charge in [0.05, 0.1) is 59.5 Å². The average Bonchev–Trinajstić information content (AvgIpc) is 3.55. The second kappa shape index (κ2) is 25.6. The summed E-state index contributed by atoms with van der Waals surface area (Å²) < 4.78 is 30.8. The number of ether oxygens (including phenoxy) is 6. The molecule has 0 saturated carbocycles. The first kappa shape index (κ1) is 32.5. The summed E-state index contributed by atoms with van der Waals surface area (Å²) in [5, 5.41) is 19.0. The zero-order valence-corrected chi connectivity index (χ0v) is 19.6. The molecule has 1 heterocycles. The lowest BCUT2D eigenvalue weighted by molar-refractivity contribution is -0.0214. The molecule has 0 aromatic rings. The van der Waals surface area contributed by atoms with Crippen LogP contribution in [0.25, 0.3) is 0 Å². The fraction of sp³-hybridized carbons (Fsp3) is 0.727. The van der Waals surface area contributed by atoms with Gasteiger partial charge in [0.15, 0.2) is 0 Å². The van der Waals surface area contributed by atoms with Gasteiger partial charge in [-0.15, -0.1) is 19.7 Å². The molecule has 0 spiro atoms. The molecule has 1 saturated heterocycles. The molecule has 0 amide bonds. The highest BCUT2D eigenvalue weighted by Crippen LogP contribution is 2.07. The second-order valence-corrected chi connectivity index (χ2v) is 6.60. The number of hydrogen-bond acceptors (Lipinski definition) is 8. The van der Waals surface area contributed by atoms with Crippen LogP contribution in [0.3, 0.4) is 0 Å². The van der Waals surface area contributed by atoms with E-state index in [2.05, 4.69) is 19.7 Å². The van der Waals surface area contributed by atoms with Crippen molar-refractivity contribution >= 4 is 9.90 Å². The maximum Gasteiger partial charge on any atom is 0.104 e. The Bertz CT molecular complexity index is 381. The third kappa shape index (κ3) is 27.3. The molecule has 0 aromatic heterocycles. The lowest BCUT2D eigenvalue weighted by atomic mass is 10.3. The van der Waals surface area contributed by atoms with Gasteiger partial charge in [0.2, 0.25) is 0 Å². The van der Waals surface area contributed by atoms with Crippen molar-refractivity contribution in [1.82, 2.24) is 0 Å². The summed E-state index contributed by atoms with van der Waals surface area (Å²) in [6.07, 6.45) is 5.85. The quantitative estimate of drug-likeness (QED) is 0.115. The molecule has 3 atom stereocenters. The van der Waals surface area contributed by atoms with Crippen LogP contribution in [0.1, 0.15) is 12.8 Å². The Balaban J connectivity index is 0. The molecule has 1 aliphatic rings. The minimum absolute atomic E-state index is 0. The van der Waals surface area contributed by atoms with Crippen LogP contribution in [0, 0.1) is 0 Å². The predicted octanol–water partition coefficient (Wildman–Crippen LogP) is 2.11. The maximum atomic E-state index is 9.51. The van der Waals surface area contributed by atoms with Gasteiger partial charge in [-0.05, 0) is 12.8 Å². The number of unbranched alkanes of at least 4 members (excludes halogenated alkanes) is 1. The standard InChI is InChI=1S/C16H30O6.C6H10O2.HP/c1-3-7-19-11-15(17)13-21-9-5-6-10-22-14-16(18)12-20-8-4-2;1-2-3-7-4-6-5-8-6;/h3-4,15-18H,1-2,5-14H2;2,6H,1,3-5H2;1H/q;;-2. The largest absolute Gasteiger partial charge is 1.51 e. The van der Waals surface area contributed by atoms with Gasteiger partial charge < -0.3 is 48.5 Å². The van der Waals surface area contributed by atoms with Crippen LogP contribution in [0.2, 0.25) is 0 Å². The van der Waals surface area contributed by atoms with Gasteiger partial charge in [0.1, 0.15) is 18.3 Å². The molecule has 184 valence electrons. The Morgan fingerprint density at radius 2 is 1.13 bits per heavy atom. The first-order valence-electron chi connectivity index (χ1n) is 10.3. The average molecular weight is 465 g/mol. The number of aliphatic hydroxyl groups is 2.